The lowest BCUT2D eigenvalue weighted by Gasteiger charge is -2.25. The Morgan fingerprint density at radius 3 is 2.35 bits per heavy atom. The lowest BCUT2D eigenvalue weighted by molar-refractivity contribution is 0.439. The third kappa shape index (κ3) is 3.02. The zero-order valence-corrected chi connectivity index (χ0v) is 12.0. The summed E-state index contributed by atoms with van der Waals surface area (Å²) in [6.45, 7) is 4.42. The molecule has 1 aliphatic heterocycles. The zero-order chi connectivity index (χ0) is 13.8. The minimum Gasteiger partial charge on any atom is -0.383 e. The van der Waals surface area contributed by atoms with Crippen molar-refractivity contribution in [1.82, 2.24) is 5.32 Å². The Kier molecular flexibility index (Phi) is 3.75. The number of hydrogen-bond donors (Lipinski definition) is 2. The normalized spacial score (nSPS) is 21.9. The first-order valence-electron chi connectivity index (χ1n) is 7.40. The monoisotopic (exact) mass is 266 g/mol. The van der Waals surface area contributed by atoms with Gasteiger partial charge in [-0.05, 0) is 49.6 Å². The molecule has 0 spiro atoms. The van der Waals surface area contributed by atoms with Crippen LogP contribution >= 0.6 is 0 Å². The molecule has 1 fully saturated rings. The summed E-state index contributed by atoms with van der Waals surface area (Å²) in [4.78, 5) is 0. The molecule has 0 radical (unpaired) electrons. The Bertz CT molecular complexity index is 539. The van der Waals surface area contributed by atoms with E-state index in [1.165, 1.54) is 29.7 Å². The first-order valence-corrected chi connectivity index (χ1v) is 7.40. The molecule has 2 heteroatoms. The first-order chi connectivity index (χ1) is 9.75. The van der Waals surface area contributed by atoms with Crippen molar-refractivity contribution in [1.29, 1.82) is 0 Å². The SMILES string of the molecule is CC1(CNc2ccc(-c3ccccc3)cc2)CCCN1. The van der Waals surface area contributed by atoms with Crippen LogP contribution in [0.15, 0.2) is 54.6 Å². The molecule has 104 valence electrons. The summed E-state index contributed by atoms with van der Waals surface area (Å²) in [5.74, 6) is 0. The molecule has 0 saturated carbocycles. The molecular weight excluding hydrogens is 244 g/mol. The third-order valence-corrected chi connectivity index (χ3v) is 4.13. The second-order valence-electron chi connectivity index (χ2n) is 5.89. The van der Waals surface area contributed by atoms with Crippen molar-refractivity contribution >= 4 is 5.69 Å². The van der Waals surface area contributed by atoms with Crippen LogP contribution in [0.3, 0.4) is 0 Å². The van der Waals surface area contributed by atoms with Gasteiger partial charge in [0.1, 0.15) is 0 Å². The predicted octanol–water partition coefficient (Wildman–Crippen LogP) is 3.91. The maximum atomic E-state index is 3.58. The Hall–Kier alpha value is -1.80. The fraction of sp³-hybridized carbons (Fsp3) is 0.333. The Morgan fingerprint density at radius 1 is 1.00 bits per heavy atom. The second-order valence-corrected chi connectivity index (χ2v) is 5.89. The van der Waals surface area contributed by atoms with Gasteiger partial charge in [-0.15, -0.1) is 0 Å². The van der Waals surface area contributed by atoms with Gasteiger partial charge in [0.25, 0.3) is 0 Å². The summed E-state index contributed by atoms with van der Waals surface area (Å²) in [6, 6.07) is 19.2. The van der Waals surface area contributed by atoms with E-state index >= 15 is 0 Å². The van der Waals surface area contributed by atoms with Crippen LogP contribution < -0.4 is 10.6 Å². The second kappa shape index (κ2) is 5.68. The van der Waals surface area contributed by atoms with E-state index in [1.807, 2.05) is 0 Å². The number of anilines is 1. The summed E-state index contributed by atoms with van der Waals surface area (Å²) in [5.41, 5.74) is 3.97. The number of benzene rings is 2. The molecule has 0 aliphatic carbocycles. The van der Waals surface area contributed by atoms with E-state index < -0.39 is 0 Å². The molecule has 3 rings (SSSR count). The molecule has 2 aromatic rings. The van der Waals surface area contributed by atoms with Crippen LogP contribution in [0.4, 0.5) is 5.69 Å². The summed E-state index contributed by atoms with van der Waals surface area (Å²) < 4.78 is 0. The highest BCUT2D eigenvalue weighted by Crippen LogP contribution is 2.23. The topological polar surface area (TPSA) is 24.1 Å². The van der Waals surface area contributed by atoms with Crippen LogP contribution in [0, 0.1) is 0 Å². The van der Waals surface area contributed by atoms with Gasteiger partial charge in [-0.25, -0.2) is 0 Å². The smallest absolute Gasteiger partial charge is 0.0341 e. The van der Waals surface area contributed by atoms with Crippen LogP contribution in [-0.2, 0) is 0 Å². The molecule has 2 N–H and O–H groups in total. The molecule has 2 nitrogen and oxygen atoms in total. The van der Waals surface area contributed by atoms with Crippen LogP contribution in [0.5, 0.6) is 0 Å². The van der Waals surface area contributed by atoms with E-state index in [4.69, 9.17) is 0 Å². The molecular formula is C18H22N2. The van der Waals surface area contributed by atoms with Crippen molar-refractivity contribution in [2.75, 3.05) is 18.4 Å². The first kappa shape index (κ1) is 13.2. The molecule has 0 aromatic heterocycles. The standard InChI is InChI=1S/C18H22N2/c1-18(12-5-13-20-18)14-19-17-10-8-16(9-11-17)15-6-3-2-4-7-15/h2-4,6-11,19-20H,5,12-14H2,1H3. The lowest BCUT2D eigenvalue weighted by atomic mass is 10.0. The fourth-order valence-electron chi connectivity index (χ4n) is 2.82. The summed E-state index contributed by atoms with van der Waals surface area (Å²) in [5, 5.41) is 7.12. The molecule has 1 saturated heterocycles. The quantitative estimate of drug-likeness (QED) is 0.876. The van der Waals surface area contributed by atoms with E-state index in [-0.39, 0.29) is 5.54 Å². The van der Waals surface area contributed by atoms with Crippen LogP contribution in [0.2, 0.25) is 0 Å². The van der Waals surface area contributed by atoms with E-state index in [2.05, 4.69) is 72.2 Å². The fourth-order valence-corrected chi connectivity index (χ4v) is 2.82. The molecule has 0 bridgehead atoms. The van der Waals surface area contributed by atoms with E-state index in [0.29, 0.717) is 0 Å². The van der Waals surface area contributed by atoms with Crippen LogP contribution in [0.25, 0.3) is 11.1 Å². The van der Waals surface area contributed by atoms with Gasteiger partial charge >= 0.3 is 0 Å². The summed E-state index contributed by atoms with van der Waals surface area (Å²) >= 11 is 0. The molecule has 0 amide bonds. The molecule has 2 aromatic carbocycles. The van der Waals surface area contributed by atoms with Gasteiger partial charge in [-0.1, -0.05) is 42.5 Å². The minimum absolute atomic E-state index is 0.248. The van der Waals surface area contributed by atoms with Crippen LogP contribution in [0.1, 0.15) is 19.8 Å². The number of rotatable bonds is 4. The van der Waals surface area contributed by atoms with E-state index in [1.54, 1.807) is 0 Å². The Balaban J connectivity index is 1.64. The van der Waals surface area contributed by atoms with Crippen molar-refractivity contribution in [3.8, 4) is 11.1 Å². The average molecular weight is 266 g/mol. The molecule has 1 heterocycles. The number of nitrogens with one attached hydrogen (secondary N) is 2. The third-order valence-electron chi connectivity index (χ3n) is 4.13. The van der Waals surface area contributed by atoms with E-state index in [9.17, 15) is 0 Å². The summed E-state index contributed by atoms with van der Waals surface area (Å²) in [6.07, 6.45) is 2.53. The van der Waals surface area contributed by atoms with Gasteiger partial charge in [-0.3, -0.25) is 0 Å². The molecule has 1 atom stereocenters. The molecule has 1 aliphatic rings. The van der Waals surface area contributed by atoms with Crippen molar-refractivity contribution in [3.05, 3.63) is 54.6 Å². The number of hydrogen-bond acceptors (Lipinski definition) is 2. The van der Waals surface area contributed by atoms with E-state index in [0.717, 1.165) is 13.1 Å². The van der Waals surface area contributed by atoms with Crippen molar-refractivity contribution in [2.45, 2.75) is 25.3 Å². The molecule has 1 unspecified atom stereocenters. The van der Waals surface area contributed by atoms with Gasteiger partial charge in [0.15, 0.2) is 0 Å². The predicted molar refractivity (Wildman–Crippen MR) is 86.0 cm³/mol. The average Bonchev–Trinajstić information content (AvgIpc) is 2.94. The lowest BCUT2D eigenvalue weighted by Crippen LogP contribution is -2.42. The zero-order valence-electron chi connectivity index (χ0n) is 12.0. The highest BCUT2D eigenvalue weighted by molar-refractivity contribution is 5.65. The Labute approximate surface area is 121 Å². The van der Waals surface area contributed by atoms with Crippen molar-refractivity contribution in [3.63, 3.8) is 0 Å². The maximum Gasteiger partial charge on any atom is 0.0341 e. The van der Waals surface area contributed by atoms with Gasteiger partial charge < -0.3 is 10.6 Å². The maximum absolute atomic E-state index is 3.58. The molecule has 20 heavy (non-hydrogen) atoms. The largest absolute Gasteiger partial charge is 0.383 e. The van der Waals surface area contributed by atoms with Gasteiger partial charge in [0.2, 0.25) is 0 Å². The highest BCUT2D eigenvalue weighted by atomic mass is 15.0. The summed E-state index contributed by atoms with van der Waals surface area (Å²) in [7, 11) is 0. The minimum atomic E-state index is 0.248. The van der Waals surface area contributed by atoms with Gasteiger partial charge in [-0.2, -0.15) is 0 Å². The highest BCUT2D eigenvalue weighted by Gasteiger charge is 2.27. The van der Waals surface area contributed by atoms with Gasteiger partial charge in [0.05, 0.1) is 0 Å². The van der Waals surface area contributed by atoms with Crippen molar-refractivity contribution < 1.29 is 0 Å². The van der Waals surface area contributed by atoms with Gasteiger partial charge in [0, 0.05) is 17.8 Å². The van der Waals surface area contributed by atoms with Crippen molar-refractivity contribution in [2.24, 2.45) is 0 Å². The Morgan fingerprint density at radius 2 is 1.70 bits per heavy atom. The van der Waals surface area contributed by atoms with Crippen LogP contribution in [-0.4, -0.2) is 18.6 Å².